The summed E-state index contributed by atoms with van der Waals surface area (Å²) >= 11 is 1.68. The van der Waals surface area contributed by atoms with Gasteiger partial charge in [0.25, 0.3) is 0 Å². The predicted octanol–water partition coefficient (Wildman–Crippen LogP) is 2.20. The molecule has 2 aromatic heterocycles. The van der Waals surface area contributed by atoms with Gasteiger partial charge in [0.05, 0.1) is 6.26 Å². The van der Waals surface area contributed by atoms with Crippen molar-refractivity contribution < 1.29 is 4.42 Å². The molecule has 0 amide bonds. The Morgan fingerprint density at radius 1 is 1.50 bits per heavy atom. The van der Waals surface area contributed by atoms with Crippen LogP contribution in [0.2, 0.25) is 0 Å². The third-order valence-electron chi connectivity index (χ3n) is 2.16. The minimum absolute atomic E-state index is 0.0370. The van der Waals surface area contributed by atoms with E-state index in [0.717, 1.165) is 5.76 Å². The molecular weight excluding hydrogens is 196 g/mol. The van der Waals surface area contributed by atoms with Crippen molar-refractivity contribution in [2.75, 3.05) is 0 Å². The molecule has 2 aromatic rings. The number of furan rings is 1. The molecule has 0 spiro atoms. The third-order valence-corrected chi connectivity index (χ3v) is 3.24. The Balaban J connectivity index is 2.36. The molecule has 3 nitrogen and oxygen atoms in total. The van der Waals surface area contributed by atoms with Gasteiger partial charge in [-0.3, -0.25) is 5.84 Å². The van der Waals surface area contributed by atoms with Crippen molar-refractivity contribution in [3.8, 4) is 0 Å². The zero-order valence-corrected chi connectivity index (χ0v) is 8.67. The molecule has 4 heteroatoms. The van der Waals surface area contributed by atoms with Crippen molar-refractivity contribution in [2.45, 2.75) is 13.0 Å². The summed E-state index contributed by atoms with van der Waals surface area (Å²) in [4.78, 5) is 1.20. The van der Waals surface area contributed by atoms with Crippen LogP contribution in [0.15, 0.2) is 34.3 Å². The number of rotatable bonds is 3. The zero-order valence-electron chi connectivity index (χ0n) is 7.86. The number of hydrazine groups is 1. The van der Waals surface area contributed by atoms with Gasteiger partial charge in [-0.1, -0.05) is 0 Å². The minimum atomic E-state index is -0.0370. The maximum atomic E-state index is 5.52. The third kappa shape index (κ3) is 1.59. The van der Waals surface area contributed by atoms with Gasteiger partial charge in [-0.2, -0.15) is 0 Å². The molecule has 74 valence electrons. The number of aryl methyl sites for hydroxylation is 1. The monoisotopic (exact) mass is 208 g/mol. The molecule has 0 fully saturated rings. The normalized spacial score (nSPS) is 13.0. The van der Waals surface area contributed by atoms with Crippen molar-refractivity contribution in [3.63, 3.8) is 0 Å². The molecule has 2 rings (SSSR count). The SMILES string of the molecule is Cc1ccsc1C(NN)c1ccco1. The number of hydrogen-bond donors (Lipinski definition) is 2. The van der Waals surface area contributed by atoms with Crippen LogP contribution in [-0.2, 0) is 0 Å². The Hall–Kier alpha value is -1.10. The van der Waals surface area contributed by atoms with Crippen LogP contribution in [0.4, 0.5) is 0 Å². The largest absolute Gasteiger partial charge is 0.467 e. The summed E-state index contributed by atoms with van der Waals surface area (Å²) in [6.45, 7) is 2.07. The highest BCUT2D eigenvalue weighted by Crippen LogP contribution is 2.28. The topological polar surface area (TPSA) is 51.2 Å². The highest BCUT2D eigenvalue weighted by Gasteiger charge is 2.17. The van der Waals surface area contributed by atoms with Gasteiger partial charge in [-0.15, -0.1) is 11.3 Å². The first-order valence-corrected chi connectivity index (χ1v) is 5.24. The molecule has 0 bridgehead atoms. The first-order valence-electron chi connectivity index (χ1n) is 4.36. The average Bonchev–Trinajstić information content (AvgIpc) is 2.80. The van der Waals surface area contributed by atoms with E-state index >= 15 is 0 Å². The molecule has 0 aliphatic carbocycles. The molecular formula is C10H12N2OS. The zero-order chi connectivity index (χ0) is 9.97. The van der Waals surface area contributed by atoms with Crippen LogP contribution in [0.1, 0.15) is 22.2 Å². The second-order valence-electron chi connectivity index (χ2n) is 3.08. The fourth-order valence-electron chi connectivity index (χ4n) is 1.42. The van der Waals surface area contributed by atoms with E-state index in [-0.39, 0.29) is 6.04 Å². The highest BCUT2D eigenvalue weighted by atomic mass is 32.1. The van der Waals surface area contributed by atoms with E-state index in [2.05, 4.69) is 23.8 Å². The Bertz CT molecular complexity index is 394. The summed E-state index contributed by atoms with van der Waals surface area (Å²) in [7, 11) is 0. The van der Waals surface area contributed by atoms with Gasteiger partial charge in [0.2, 0.25) is 0 Å². The molecule has 0 saturated carbocycles. The highest BCUT2D eigenvalue weighted by molar-refractivity contribution is 7.10. The summed E-state index contributed by atoms with van der Waals surface area (Å²) in [5, 5.41) is 2.05. The van der Waals surface area contributed by atoms with Gasteiger partial charge in [-0.05, 0) is 36.1 Å². The molecule has 1 atom stereocenters. The van der Waals surface area contributed by atoms with Crippen LogP contribution in [0.25, 0.3) is 0 Å². The van der Waals surface area contributed by atoms with E-state index in [1.54, 1.807) is 17.6 Å². The van der Waals surface area contributed by atoms with E-state index in [4.69, 9.17) is 10.3 Å². The van der Waals surface area contributed by atoms with Crippen LogP contribution in [-0.4, -0.2) is 0 Å². The first-order chi connectivity index (χ1) is 6.83. The lowest BCUT2D eigenvalue weighted by molar-refractivity contribution is 0.454. The quantitative estimate of drug-likeness (QED) is 0.600. The van der Waals surface area contributed by atoms with E-state index < -0.39 is 0 Å². The van der Waals surface area contributed by atoms with Crippen LogP contribution >= 0.6 is 11.3 Å². The molecule has 0 aliphatic heterocycles. The Morgan fingerprint density at radius 2 is 2.36 bits per heavy atom. The number of nitrogens with one attached hydrogen (secondary N) is 1. The van der Waals surface area contributed by atoms with Crippen LogP contribution in [0, 0.1) is 6.92 Å². The minimum Gasteiger partial charge on any atom is -0.467 e. The number of nitrogens with two attached hydrogens (primary N) is 1. The summed E-state index contributed by atoms with van der Waals surface area (Å²) in [6, 6.07) is 5.82. The van der Waals surface area contributed by atoms with E-state index in [1.165, 1.54) is 10.4 Å². The molecule has 1 unspecified atom stereocenters. The molecule has 0 saturated heterocycles. The van der Waals surface area contributed by atoms with E-state index in [0.29, 0.717) is 0 Å². The van der Waals surface area contributed by atoms with E-state index in [9.17, 15) is 0 Å². The maximum absolute atomic E-state index is 5.52. The molecule has 0 aromatic carbocycles. The average molecular weight is 208 g/mol. The Labute approximate surface area is 86.5 Å². The summed E-state index contributed by atoms with van der Waals surface area (Å²) in [5.74, 6) is 6.37. The van der Waals surface area contributed by atoms with Crippen LogP contribution in [0.5, 0.6) is 0 Å². The molecule has 3 N–H and O–H groups in total. The fraction of sp³-hybridized carbons (Fsp3) is 0.200. The standard InChI is InChI=1S/C10H12N2OS/c1-7-4-6-14-10(7)9(12-11)8-3-2-5-13-8/h2-6,9,12H,11H2,1H3. The van der Waals surface area contributed by atoms with Crippen molar-refractivity contribution in [1.29, 1.82) is 0 Å². The van der Waals surface area contributed by atoms with Crippen molar-refractivity contribution in [2.24, 2.45) is 5.84 Å². The van der Waals surface area contributed by atoms with Gasteiger partial charge >= 0.3 is 0 Å². The van der Waals surface area contributed by atoms with Gasteiger partial charge in [-0.25, -0.2) is 5.43 Å². The van der Waals surface area contributed by atoms with Gasteiger partial charge in [0.1, 0.15) is 11.8 Å². The van der Waals surface area contributed by atoms with Crippen molar-refractivity contribution in [1.82, 2.24) is 5.43 Å². The summed E-state index contributed by atoms with van der Waals surface area (Å²) < 4.78 is 5.33. The Kier molecular flexibility index (Phi) is 2.67. The van der Waals surface area contributed by atoms with Gasteiger partial charge in [0, 0.05) is 4.88 Å². The predicted molar refractivity (Wildman–Crippen MR) is 56.9 cm³/mol. The second kappa shape index (κ2) is 3.96. The summed E-state index contributed by atoms with van der Waals surface area (Å²) in [6.07, 6.45) is 1.66. The Morgan fingerprint density at radius 3 is 2.86 bits per heavy atom. The van der Waals surface area contributed by atoms with Gasteiger partial charge in [0.15, 0.2) is 0 Å². The van der Waals surface area contributed by atoms with Crippen LogP contribution < -0.4 is 11.3 Å². The lowest BCUT2D eigenvalue weighted by Gasteiger charge is -2.12. The van der Waals surface area contributed by atoms with Crippen LogP contribution in [0.3, 0.4) is 0 Å². The maximum Gasteiger partial charge on any atom is 0.127 e. The van der Waals surface area contributed by atoms with E-state index in [1.807, 2.05) is 12.1 Å². The number of hydrogen-bond acceptors (Lipinski definition) is 4. The molecule has 0 radical (unpaired) electrons. The van der Waals surface area contributed by atoms with Crippen molar-refractivity contribution in [3.05, 3.63) is 46.0 Å². The lowest BCUT2D eigenvalue weighted by atomic mass is 10.1. The second-order valence-corrected chi connectivity index (χ2v) is 4.03. The molecule has 2 heterocycles. The molecule has 14 heavy (non-hydrogen) atoms. The number of thiophene rings is 1. The fourth-order valence-corrected chi connectivity index (χ4v) is 2.42. The van der Waals surface area contributed by atoms with Gasteiger partial charge < -0.3 is 4.42 Å². The first kappa shape index (κ1) is 9.45. The smallest absolute Gasteiger partial charge is 0.127 e. The van der Waals surface area contributed by atoms with Crippen molar-refractivity contribution >= 4 is 11.3 Å². The lowest BCUT2D eigenvalue weighted by Crippen LogP contribution is -2.28. The molecule has 0 aliphatic rings. The summed E-state index contributed by atoms with van der Waals surface area (Å²) in [5.41, 5.74) is 4.00.